The van der Waals surface area contributed by atoms with E-state index in [9.17, 15) is 14.0 Å². The van der Waals surface area contributed by atoms with Crippen molar-refractivity contribution >= 4 is 40.0 Å². The van der Waals surface area contributed by atoms with Crippen molar-refractivity contribution in [1.29, 1.82) is 0 Å². The van der Waals surface area contributed by atoms with Crippen LogP contribution in [0.2, 0.25) is 0 Å². The fraction of sp³-hybridized carbons (Fsp3) is 0.105. The number of furan rings is 1. The number of rotatable bonds is 5. The Labute approximate surface area is 158 Å². The SMILES string of the molecule is CC(=O)Nc1ccc(-c2csc(NC(=O)C=Cc3ccc(C)o3)n2)c(F)c1. The third-order valence-electron chi connectivity index (χ3n) is 3.46. The predicted molar refractivity (Wildman–Crippen MR) is 103 cm³/mol. The van der Waals surface area contributed by atoms with Gasteiger partial charge in [0.15, 0.2) is 5.13 Å². The van der Waals surface area contributed by atoms with Gasteiger partial charge in [-0.15, -0.1) is 11.3 Å². The van der Waals surface area contributed by atoms with Crippen LogP contribution in [-0.2, 0) is 9.59 Å². The highest BCUT2D eigenvalue weighted by atomic mass is 32.1. The van der Waals surface area contributed by atoms with E-state index in [1.807, 2.05) is 6.92 Å². The first-order valence-electron chi connectivity index (χ1n) is 7.99. The van der Waals surface area contributed by atoms with E-state index in [-0.39, 0.29) is 17.4 Å². The van der Waals surface area contributed by atoms with Crippen molar-refractivity contribution in [3.63, 3.8) is 0 Å². The first-order valence-corrected chi connectivity index (χ1v) is 8.87. The number of carbonyl (C=O) groups excluding carboxylic acids is 2. The summed E-state index contributed by atoms with van der Waals surface area (Å²) in [7, 11) is 0. The summed E-state index contributed by atoms with van der Waals surface area (Å²) in [5, 5.41) is 7.13. The fourth-order valence-electron chi connectivity index (χ4n) is 2.31. The molecule has 2 aromatic heterocycles. The maximum Gasteiger partial charge on any atom is 0.250 e. The van der Waals surface area contributed by atoms with Crippen LogP contribution in [0.3, 0.4) is 0 Å². The van der Waals surface area contributed by atoms with Crippen LogP contribution in [0.5, 0.6) is 0 Å². The number of hydrogen-bond acceptors (Lipinski definition) is 5. The third-order valence-corrected chi connectivity index (χ3v) is 4.22. The zero-order valence-corrected chi connectivity index (χ0v) is 15.4. The van der Waals surface area contributed by atoms with Crippen LogP contribution in [0, 0.1) is 12.7 Å². The van der Waals surface area contributed by atoms with E-state index in [1.54, 1.807) is 29.7 Å². The Kier molecular flexibility index (Phi) is 5.46. The van der Waals surface area contributed by atoms with Gasteiger partial charge in [-0.1, -0.05) is 0 Å². The first kappa shape index (κ1) is 18.5. The molecule has 0 radical (unpaired) electrons. The summed E-state index contributed by atoms with van der Waals surface area (Å²) >= 11 is 1.19. The van der Waals surface area contributed by atoms with Crippen molar-refractivity contribution < 1.29 is 18.4 Å². The molecule has 2 amide bonds. The molecule has 3 aromatic rings. The predicted octanol–water partition coefficient (Wildman–Crippen LogP) is 4.46. The van der Waals surface area contributed by atoms with Crippen LogP contribution in [0.15, 0.2) is 46.2 Å². The zero-order chi connectivity index (χ0) is 19.4. The molecule has 0 atom stereocenters. The Morgan fingerprint density at radius 2 is 2.04 bits per heavy atom. The zero-order valence-electron chi connectivity index (χ0n) is 14.6. The van der Waals surface area contributed by atoms with Crippen LogP contribution >= 0.6 is 11.3 Å². The lowest BCUT2D eigenvalue weighted by molar-refractivity contribution is -0.114. The van der Waals surface area contributed by atoms with Gasteiger partial charge in [0.25, 0.3) is 0 Å². The Balaban J connectivity index is 1.68. The van der Waals surface area contributed by atoms with Crippen molar-refractivity contribution in [2.75, 3.05) is 10.6 Å². The molecule has 0 saturated heterocycles. The topological polar surface area (TPSA) is 84.2 Å². The number of thiazole rings is 1. The molecule has 0 saturated carbocycles. The molecular formula is C19H16FN3O3S. The smallest absolute Gasteiger partial charge is 0.250 e. The van der Waals surface area contributed by atoms with E-state index >= 15 is 0 Å². The van der Waals surface area contributed by atoms with Gasteiger partial charge in [0.1, 0.15) is 17.3 Å². The third kappa shape index (κ3) is 4.89. The molecule has 0 bridgehead atoms. The highest BCUT2D eigenvalue weighted by molar-refractivity contribution is 7.14. The van der Waals surface area contributed by atoms with Crippen LogP contribution < -0.4 is 10.6 Å². The molecule has 27 heavy (non-hydrogen) atoms. The highest BCUT2D eigenvalue weighted by Crippen LogP contribution is 2.28. The summed E-state index contributed by atoms with van der Waals surface area (Å²) in [6.07, 6.45) is 2.89. The maximum absolute atomic E-state index is 14.3. The highest BCUT2D eigenvalue weighted by Gasteiger charge is 2.12. The minimum absolute atomic E-state index is 0.279. The monoisotopic (exact) mass is 385 g/mol. The molecule has 0 spiro atoms. The number of halogens is 1. The van der Waals surface area contributed by atoms with Gasteiger partial charge in [-0.3, -0.25) is 14.9 Å². The van der Waals surface area contributed by atoms with Gasteiger partial charge in [0, 0.05) is 29.6 Å². The average Bonchev–Trinajstić information content (AvgIpc) is 3.21. The second-order valence-electron chi connectivity index (χ2n) is 5.68. The van der Waals surface area contributed by atoms with Gasteiger partial charge in [-0.2, -0.15) is 0 Å². The molecule has 138 valence electrons. The minimum atomic E-state index is -0.516. The molecule has 0 aliphatic carbocycles. The quantitative estimate of drug-likeness (QED) is 0.635. The van der Waals surface area contributed by atoms with E-state index in [0.717, 1.165) is 5.76 Å². The Morgan fingerprint density at radius 3 is 2.70 bits per heavy atom. The number of anilines is 2. The van der Waals surface area contributed by atoms with Gasteiger partial charge >= 0.3 is 0 Å². The summed E-state index contributed by atoms with van der Waals surface area (Å²) < 4.78 is 19.6. The molecule has 1 aromatic carbocycles. The molecule has 2 N–H and O–H groups in total. The average molecular weight is 385 g/mol. The van der Waals surface area contributed by atoms with E-state index in [2.05, 4.69) is 15.6 Å². The van der Waals surface area contributed by atoms with Crippen LogP contribution in [0.1, 0.15) is 18.4 Å². The van der Waals surface area contributed by atoms with Crippen molar-refractivity contribution in [3.05, 3.63) is 59.1 Å². The minimum Gasteiger partial charge on any atom is -0.462 e. The molecule has 6 nitrogen and oxygen atoms in total. The number of aromatic nitrogens is 1. The number of carbonyl (C=O) groups is 2. The van der Waals surface area contributed by atoms with Gasteiger partial charge in [0.05, 0.1) is 5.69 Å². The summed E-state index contributed by atoms with van der Waals surface area (Å²) in [6, 6.07) is 7.90. The maximum atomic E-state index is 14.3. The van der Waals surface area contributed by atoms with Crippen molar-refractivity contribution in [1.82, 2.24) is 4.98 Å². The van der Waals surface area contributed by atoms with Crippen LogP contribution in [0.25, 0.3) is 17.3 Å². The van der Waals surface area contributed by atoms with Gasteiger partial charge in [-0.05, 0) is 43.3 Å². The molecule has 0 aliphatic heterocycles. The lowest BCUT2D eigenvalue weighted by Crippen LogP contribution is -2.07. The first-order chi connectivity index (χ1) is 12.9. The molecule has 2 heterocycles. The lowest BCUT2D eigenvalue weighted by atomic mass is 10.1. The van der Waals surface area contributed by atoms with E-state index in [1.165, 1.54) is 36.5 Å². The second-order valence-corrected chi connectivity index (χ2v) is 6.54. The van der Waals surface area contributed by atoms with Crippen molar-refractivity contribution in [2.45, 2.75) is 13.8 Å². The van der Waals surface area contributed by atoms with Gasteiger partial charge < -0.3 is 9.73 Å². The van der Waals surface area contributed by atoms with Crippen molar-refractivity contribution in [2.24, 2.45) is 0 Å². The Bertz CT molecular complexity index is 1020. The summed E-state index contributed by atoms with van der Waals surface area (Å²) in [4.78, 5) is 27.2. The lowest BCUT2D eigenvalue weighted by Gasteiger charge is -2.04. The molecule has 3 rings (SSSR count). The fourth-order valence-corrected chi connectivity index (χ4v) is 3.02. The van der Waals surface area contributed by atoms with Gasteiger partial charge in [-0.25, -0.2) is 9.37 Å². The molecule has 0 fully saturated rings. The number of aryl methyl sites for hydroxylation is 1. The van der Waals surface area contributed by atoms with Gasteiger partial charge in [0.2, 0.25) is 11.8 Å². The number of nitrogens with one attached hydrogen (secondary N) is 2. The summed E-state index contributed by atoms with van der Waals surface area (Å²) in [6.45, 7) is 3.17. The van der Waals surface area contributed by atoms with E-state index in [0.29, 0.717) is 22.3 Å². The number of hydrogen-bond donors (Lipinski definition) is 2. The Hall–Kier alpha value is -3.26. The number of nitrogens with zero attached hydrogens (tertiary/aromatic N) is 1. The van der Waals surface area contributed by atoms with Crippen molar-refractivity contribution in [3.8, 4) is 11.3 Å². The standard InChI is InChI=1S/C19H16FN3O3S/c1-11-3-5-14(26-11)6-8-18(25)23-19-22-17(10-27-19)15-7-4-13(9-16(15)20)21-12(2)24/h3-10H,1-2H3,(H,21,24)(H,22,23,25). The molecular weight excluding hydrogens is 369 g/mol. The molecule has 0 unspecified atom stereocenters. The Morgan fingerprint density at radius 1 is 1.22 bits per heavy atom. The van der Waals surface area contributed by atoms with E-state index in [4.69, 9.17) is 4.42 Å². The normalized spacial score (nSPS) is 10.9. The number of benzene rings is 1. The largest absolute Gasteiger partial charge is 0.462 e. The van der Waals surface area contributed by atoms with Crippen LogP contribution in [0.4, 0.5) is 15.2 Å². The summed E-state index contributed by atoms with van der Waals surface area (Å²) in [5.41, 5.74) is 1.04. The molecule has 0 aliphatic rings. The molecule has 8 heteroatoms. The van der Waals surface area contributed by atoms with E-state index < -0.39 is 5.82 Å². The second kappa shape index (κ2) is 7.96. The number of amides is 2. The van der Waals surface area contributed by atoms with Crippen LogP contribution in [-0.4, -0.2) is 16.8 Å². The summed E-state index contributed by atoms with van der Waals surface area (Å²) in [5.74, 6) is 0.164.